The highest BCUT2D eigenvalue weighted by Gasteiger charge is 2.10. The molecule has 0 aliphatic heterocycles. The summed E-state index contributed by atoms with van der Waals surface area (Å²) in [5.41, 5.74) is 0.582. The van der Waals surface area contributed by atoms with E-state index in [9.17, 15) is 4.79 Å². The minimum absolute atomic E-state index is 0.124. The fourth-order valence-electron chi connectivity index (χ4n) is 2.62. The van der Waals surface area contributed by atoms with Crippen LogP contribution in [-0.4, -0.2) is 12.5 Å². The smallest absolute Gasteiger partial charge is 0.211 e. The number of benzene rings is 1. The van der Waals surface area contributed by atoms with Gasteiger partial charge in [0.2, 0.25) is 6.41 Å². The Bertz CT molecular complexity index is 451. The number of unbranched alkanes of at least 4 members (excludes halogenated alkanes) is 7. The van der Waals surface area contributed by atoms with Crippen LogP contribution in [0.25, 0.3) is 0 Å². The van der Waals surface area contributed by atoms with Crippen molar-refractivity contribution in [3.8, 4) is 5.75 Å². The first kappa shape index (κ1) is 19.8. The molecule has 1 unspecified atom stereocenters. The number of ether oxygens (including phenoxy) is 1. The van der Waals surface area contributed by atoms with Crippen LogP contribution in [0.2, 0.25) is 5.02 Å². The lowest BCUT2D eigenvalue weighted by Gasteiger charge is -2.17. The molecule has 23 heavy (non-hydrogen) atoms. The molecule has 0 heterocycles. The molecule has 0 fully saturated rings. The van der Waals surface area contributed by atoms with Gasteiger partial charge in [-0.2, -0.15) is 0 Å². The Morgan fingerprint density at radius 3 is 2.43 bits per heavy atom. The van der Waals surface area contributed by atoms with E-state index in [2.05, 4.69) is 19.2 Å². The quantitative estimate of drug-likeness (QED) is 0.343. The topological polar surface area (TPSA) is 38.3 Å². The molecule has 1 rings (SSSR count). The summed E-state index contributed by atoms with van der Waals surface area (Å²) in [4.78, 5) is 10.5. The summed E-state index contributed by atoms with van der Waals surface area (Å²) in [5.74, 6) is 0.630. The normalized spacial score (nSPS) is 12.0. The molecule has 0 aliphatic rings. The maximum atomic E-state index is 10.5. The largest absolute Gasteiger partial charge is 0.489 e. The second-order valence-corrected chi connectivity index (χ2v) is 6.45. The van der Waals surface area contributed by atoms with Crippen molar-refractivity contribution < 1.29 is 9.53 Å². The van der Waals surface area contributed by atoms with Gasteiger partial charge >= 0.3 is 0 Å². The predicted molar refractivity (Wildman–Crippen MR) is 98.5 cm³/mol. The Labute approximate surface area is 145 Å². The predicted octanol–water partition coefficient (Wildman–Crippen LogP) is 6.21. The average molecular weight is 340 g/mol. The van der Waals surface area contributed by atoms with Gasteiger partial charge in [-0.25, -0.2) is 0 Å². The third kappa shape index (κ3) is 8.26. The lowest BCUT2D eigenvalue weighted by atomic mass is 10.1. The molecule has 0 spiro atoms. The second-order valence-electron chi connectivity index (χ2n) is 6.07. The lowest BCUT2D eigenvalue weighted by Crippen LogP contribution is -2.12. The molecular weight excluding hydrogens is 310 g/mol. The fourth-order valence-corrected chi connectivity index (χ4v) is 2.84. The van der Waals surface area contributed by atoms with Crippen molar-refractivity contribution in [1.29, 1.82) is 0 Å². The summed E-state index contributed by atoms with van der Waals surface area (Å²) in [6.07, 6.45) is 12.3. The SMILES string of the molecule is CCCCCCCCCCC(C)Oc1cccc(NC=O)c1Cl. The summed E-state index contributed by atoms with van der Waals surface area (Å²) >= 11 is 6.23. The number of amides is 1. The number of carbonyl (C=O) groups is 1. The molecular formula is C19H30ClNO2. The van der Waals surface area contributed by atoms with Crippen LogP contribution in [0.1, 0.15) is 71.6 Å². The molecule has 0 aromatic heterocycles. The number of carbonyl (C=O) groups excluding carboxylic acids is 1. The minimum Gasteiger partial charge on any atom is -0.489 e. The van der Waals surface area contributed by atoms with Crippen molar-refractivity contribution in [2.24, 2.45) is 0 Å². The maximum absolute atomic E-state index is 10.5. The molecule has 1 aromatic rings. The molecule has 0 radical (unpaired) electrons. The van der Waals surface area contributed by atoms with Gasteiger partial charge in [0.05, 0.1) is 11.8 Å². The number of anilines is 1. The summed E-state index contributed by atoms with van der Waals surface area (Å²) in [6.45, 7) is 4.32. The van der Waals surface area contributed by atoms with E-state index in [1.807, 2.05) is 12.1 Å². The summed E-state index contributed by atoms with van der Waals surface area (Å²) in [7, 11) is 0. The Hall–Kier alpha value is -1.22. The highest BCUT2D eigenvalue weighted by atomic mass is 35.5. The Kier molecular flexibility index (Phi) is 10.5. The van der Waals surface area contributed by atoms with E-state index in [-0.39, 0.29) is 6.10 Å². The number of rotatable bonds is 13. The zero-order valence-corrected chi connectivity index (χ0v) is 15.2. The first-order valence-electron chi connectivity index (χ1n) is 8.84. The molecule has 1 amide bonds. The van der Waals surface area contributed by atoms with Crippen molar-refractivity contribution >= 4 is 23.7 Å². The van der Waals surface area contributed by atoms with Gasteiger partial charge in [-0.3, -0.25) is 4.79 Å². The van der Waals surface area contributed by atoms with E-state index < -0.39 is 0 Å². The molecule has 0 saturated heterocycles. The van der Waals surface area contributed by atoms with Crippen molar-refractivity contribution in [3.63, 3.8) is 0 Å². The molecule has 4 heteroatoms. The Balaban J connectivity index is 2.22. The van der Waals surface area contributed by atoms with Crippen LogP contribution in [0, 0.1) is 0 Å². The molecule has 1 aromatic carbocycles. The number of hydrogen-bond donors (Lipinski definition) is 1. The van der Waals surface area contributed by atoms with Crippen LogP contribution in [0.15, 0.2) is 18.2 Å². The number of halogens is 1. The molecule has 0 saturated carbocycles. The van der Waals surface area contributed by atoms with Gasteiger partial charge in [-0.05, 0) is 31.9 Å². The highest BCUT2D eigenvalue weighted by Crippen LogP contribution is 2.32. The van der Waals surface area contributed by atoms with Crippen molar-refractivity contribution in [1.82, 2.24) is 0 Å². The van der Waals surface area contributed by atoms with E-state index in [1.54, 1.807) is 6.07 Å². The first-order chi connectivity index (χ1) is 11.2. The number of hydrogen-bond acceptors (Lipinski definition) is 2. The van der Waals surface area contributed by atoms with Crippen LogP contribution in [0.5, 0.6) is 5.75 Å². The van der Waals surface area contributed by atoms with Gasteiger partial charge in [0.1, 0.15) is 10.8 Å². The second kappa shape index (κ2) is 12.2. The average Bonchev–Trinajstić information content (AvgIpc) is 2.54. The van der Waals surface area contributed by atoms with Gasteiger partial charge in [-0.15, -0.1) is 0 Å². The van der Waals surface area contributed by atoms with Crippen LogP contribution in [0.3, 0.4) is 0 Å². The van der Waals surface area contributed by atoms with Gasteiger partial charge in [0.25, 0.3) is 0 Å². The maximum Gasteiger partial charge on any atom is 0.211 e. The van der Waals surface area contributed by atoms with Crippen molar-refractivity contribution in [3.05, 3.63) is 23.2 Å². The van der Waals surface area contributed by atoms with E-state index in [0.717, 1.165) is 6.42 Å². The zero-order chi connectivity index (χ0) is 16.9. The first-order valence-corrected chi connectivity index (χ1v) is 9.22. The summed E-state index contributed by atoms with van der Waals surface area (Å²) in [6, 6.07) is 5.42. The van der Waals surface area contributed by atoms with Crippen LogP contribution in [-0.2, 0) is 4.79 Å². The molecule has 3 nitrogen and oxygen atoms in total. The van der Waals surface area contributed by atoms with Gasteiger partial charge in [0.15, 0.2) is 0 Å². The fraction of sp³-hybridized carbons (Fsp3) is 0.632. The molecule has 1 N–H and O–H groups in total. The van der Waals surface area contributed by atoms with E-state index in [0.29, 0.717) is 22.9 Å². The molecule has 0 bridgehead atoms. The van der Waals surface area contributed by atoms with Crippen LogP contribution >= 0.6 is 11.6 Å². The minimum atomic E-state index is 0.124. The molecule has 1 atom stereocenters. The van der Waals surface area contributed by atoms with Crippen LogP contribution in [0.4, 0.5) is 5.69 Å². The van der Waals surface area contributed by atoms with Crippen molar-refractivity contribution in [2.45, 2.75) is 77.7 Å². The molecule has 130 valence electrons. The Morgan fingerprint density at radius 2 is 1.78 bits per heavy atom. The van der Waals surface area contributed by atoms with Gasteiger partial charge in [-0.1, -0.05) is 69.5 Å². The van der Waals surface area contributed by atoms with Gasteiger partial charge in [0, 0.05) is 0 Å². The lowest BCUT2D eigenvalue weighted by molar-refractivity contribution is -0.105. The Morgan fingerprint density at radius 1 is 1.13 bits per heavy atom. The third-order valence-electron chi connectivity index (χ3n) is 3.97. The summed E-state index contributed by atoms with van der Waals surface area (Å²) in [5, 5.41) is 3.04. The summed E-state index contributed by atoms with van der Waals surface area (Å²) < 4.78 is 5.90. The van der Waals surface area contributed by atoms with Crippen molar-refractivity contribution in [2.75, 3.05) is 5.32 Å². The van der Waals surface area contributed by atoms with E-state index >= 15 is 0 Å². The number of nitrogens with one attached hydrogen (secondary N) is 1. The van der Waals surface area contributed by atoms with Gasteiger partial charge < -0.3 is 10.1 Å². The third-order valence-corrected chi connectivity index (χ3v) is 4.36. The van der Waals surface area contributed by atoms with E-state index in [4.69, 9.17) is 16.3 Å². The van der Waals surface area contributed by atoms with E-state index in [1.165, 1.54) is 51.4 Å². The standard InChI is InChI=1S/C19H30ClNO2/c1-3-4-5-6-7-8-9-10-12-16(2)23-18-14-11-13-17(19(18)20)21-15-22/h11,13-16H,3-10,12H2,1-2H3,(H,21,22). The monoisotopic (exact) mass is 339 g/mol. The zero-order valence-electron chi connectivity index (χ0n) is 14.4. The van der Waals surface area contributed by atoms with Crippen LogP contribution < -0.4 is 10.1 Å². The molecule has 0 aliphatic carbocycles. The highest BCUT2D eigenvalue weighted by molar-refractivity contribution is 6.35.